The van der Waals surface area contributed by atoms with Crippen molar-refractivity contribution in [3.8, 4) is 0 Å². The summed E-state index contributed by atoms with van der Waals surface area (Å²) in [5.41, 5.74) is 0. The van der Waals surface area contributed by atoms with Crippen molar-refractivity contribution in [1.82, 2.24) is 0 Å². The van der Waals surface area contributed by atoms with Crippen LogP contribution >= 0.6 is 0 Å². The third kappa shape index (κ3) is 14.1. The lowest BCUT2D eigenvalue weighted by Gasteiger charge is -2.25. The monoisotopic (exact) mass is 461 g/mol. The molecule has 3 heteroatoms. The Labute approximate surface area is 207 Å². The van der Waals surface area contributed by atoms with E-state index >= 15 is 0 Å². The van der Waals surface area contributed by atoms with E-state index in [2.05, 4.69) is 18.8 Å². The lowest BCUT2D eigenvalue weighted by molar-refractivity contribution is -0.683. The maximum absolute atomic E-state index is 13.0. The van der Waals surface area contributed by atoms with Gasteiger partial charge in [0.05, 0.1) is 19.7 Å². The van der Waals surface area contributed by atoms with Gasteiger partial charge in [-0.25, -0.2) is 9.79 Å². The van der Waals surface area contributed by atoms with Crippen LogP contribution in [0.4, 0.5) is 0 Å². The van der Waals surface area contributed by atoms with Gasteiger partial charge >= 0.3 is 5.91 Å². The number of carbonyl (C=O) groups is 1. The third-order valence-electron chi connectivity index (χ3n) is 7.39. The molecule has 0 radical (unpaired) electrons. The number of unbranched alkanes of at least 4 members (excludes halogenated alkanes) is 19. The summed E-state index contributed by atoms with van der Waals surface area (Å²) in [6.07, 6.45) is 33.5. The second-order valence-electron chi connectivity index (χ2n) is 10.5. The first-order valence-corrected chi connectivity index (χ1v) is 14.8. The molecule has 0 fully saturated rings. The highest BCUT2D eigenvalue weighted by atomic mass is 16.2. The molecule has 0 aromatic rings. The van der Waals surface area contributed by atoms with E-state index in [0.29, 0.717) is 16.8 Å². The fraction of sp³-hybridized carbons (Fsp3) is 0.867. The summed E-state index contributed by atoms with van der Waals surface area (Å²) in [6.45, 7) is 4.55. The average molecular weight is 462 g/mol. The molecule has 0 saturated heterocycles. The van der Waals surface area contributed by atoms with E-state index in [1.807, 2.05) is 19.4 Å². The Bertz CT molecular complexity index is 539. The Morgan fingerprint density at radius 3 is 1.48 bits per heavy atom. The van der Waals surface area contributed by atoms with E-state index in [9.17, 15) is 4.79 Å². The zero-order valence-corrected chi connectivity index (χ0v) is 22.7. The first-order valence-electron chi connectivity index (χ1n) is 14.8. The van der Waals surface area contributed by atoms with Crippen molar-refractivity contribution in [2.45, 2.75) is 162 Å². The Hall–Kier alpha value is -0.960. The quantitative estimate of drug-likeness (QED) is 0.110. The van der Waals surface area contributed by atoms with Crippen molar-refractivity contribution in [1.29, 1.82) is 0 Å². The number of hydrogen-bond acceptors (Lipinski definition) is 2. The molecule has 1 amide bonds. The van der Waals surface area contributed by atoms with Crippen LogP contribution in [-0.2, 0) is 4.79 Å². The summed E-state index contributed by atoms with van der Waals surface area (Å²) in [6, 6.07) is 0. The molecule has 1 heterocycles. The van der Waals surface area contributed by atoms with E-state index < -0.39 is 0 Å². The highest BCUT2D eigenvalue weighted by Gasteiger charge is 2.37. The number of nitrogens with zero attached hydrogens (tertiary/aromatic N) is 2. The van der Waals surface area contributed by atoms with Crippen LogP contribution in [0.15, 0.2) is 17.4 Å². The Morgan fingerprint density at radius 2 is 1.03 bits per heavy atom. The number of amides is 1. The molecule has 1 rings (SSSR count). The highest BCUT2D eigenvalue weighted by Crippen LogP contribution is 2.22. The topological polar surface area (TPSA) is 29.4 Å². The highest BCUT2D eigenvalue weighted by molar-refractivity contribution is 5.90. The zero-order valence-electron chi connectivity index (χ0n) is 22.7. The molecular weight excluding hydrogens is 404 g/mol. The Kier molecular flexibility index (Phi) is 18.6. The van der Waals surface area contributed by atoms with Crippen molar-refractivity contribution in [3.05, 3.63) is 12.4 Å². The number of quaternary nitrogens is 1. The molecule has 3 nitrogen and oxygen atoms in total. The van der Waals surface area contributed by atoms with Crippen LogP contribution < -0.4 is 0 Å². The number of hydrogen-bond donors (Lipinski definition) is 0. The number of rotatable bonds is 23. The van der Waals surface area contributed by atoms with Gasteiger partial charge in [-0.15, -0.1) is 0 Å². The summed E-state index contributed by atoms with van der Waals surface area (Å²) >= 11 is 0. The molecule has 0 spiro atoms. The third-order valence-corrected chi connectivity index (χ3v) is 7.39. The molecule has 1 unspecified atom stereocenters. The van der Waals surface area contributed by atoms with Crippen LogP contribution in [0.25, 0.3) is 0 Å². The number of amidine groups is 1. The van der Waals surface area contributed by atoms with Crippen LogP contribution in [0.2, 0.25) is 0 Å². The SMILES string of the molecule is CCCCCCCCCCCCCC1=NC=C[N+]1(C)C(=O)CCCCCCCCCCCC. The van der Waals surface area contributed by atoms with E-state index in [1.54, 1.807) is 0 Å². The molecule has 33 heavy (non-hydrogen) atoms. The van der Waals surface area contributed by atoms with E-state index in [1.165, 1.54) is 122 Å². The van der Waals surface area contributed by atoms with Gasteiger partial charge in [0.15, 0.2) is 0 Å². The Morgan fingerprint density at radius 1 is 0.636 bits per heavy atom. The minimum absolute atomic E-state index is 0.324. The van der Waals surface area contributed by atoms with Crippen molar-refractivity contribution in [2.75, 3.05) is 7.05 Å². The minimum atomic E-state index is 0.324. The average Bonchev–Trinajstić information content (AvgIpc) is 3.20. The summed E-state index contributed by atoms with van der Waals surface area (Å²) < 4.78 is 0.329. The molecule has 0 aliphatic carbocycles. The van der Waals surface area contributed by atoms with Crippen LogP contribution in [-0.4, -0.2) is 23.3 Å². The van der Waals surface area contributed by atoms with E-state index in [-0.39, 0.29) is 0 Å². The van der Waals surface area contributed by atoms with Gasteiger partial charge in [-0.1, -0.05) is 136 Å². The predicted molar refractivity (Wildman–Crippen MR) is 145 cm³/mol. The fourth-order valence-corrected chi connectivity index (χ4v) is 4.93. The molecule has 192 valence electrons. The number of aliphatic imine (C=N–C) groups is 1. The summed E-state index contributed by atoms with van der Waals surface area (Å²) in [4.78, 5) is 17.5. The van der Waals surface area contributed by atoms with Gasteiger partial charge in [0.25, 0.3) is 0 Å². The summed E-state index contributed by atoms with van der Waals surface area (Å²) in [5, 5.41) is 0. The van der Waals surface area contributed by atoms with Gasteiger partial charge in [-0.2, -0.15) is 4.48 Å². The molecule has 0 N–H and O–H groups in total. The molecule has 0 aromatic heterocycles. The number of carbonyl (C=O) groups excluding carboxylic acids is 1. The largest absolute Gasteiger partial charge is 0.324 e. The maximum atomic E-state index is 13.0. The maximum Gasteiger partial charge on any atom is 0.324 e. The zero-order chi connectivity index (χ0) is 24.0. The standard InChI is InChI=1S/C30H57N2O/c1-4-6-8-10-12-14-16-17-19-21-23-25-29-31-27-28-32(29,3)30(33)26-24-22-20-18-15-13-11-9-7-5-2/h27-28H,4-26H2,1-3H3/q+1. The predicted octanol–water partition coefficient (Wildman–Crippen LogP) is 9.85. The van der Waals surface area contributed by atoms with Gasteiger partial charge in [0.1, 0.15) is 6.20 Å². The van der Waals surface area contributed by atoms with Gasteiger partial charge < -0.3 is 0 Å². The van der Waals surface area contributed by atoms with Crippen LogP contribution in [0.3, 0.4) is 0 Å². The molecule has 0 saturated carbocycles. The first-order chi connectivity index (χ1) is 16.1. The van der Waals surface area contributed by atoms with Gasteiger partial charge in [-0.05, 0) is 12.8 Å². The van der Waals surface area contributed by atoms with Crippen LogP contribution in [0, 0.1) is 0 Å². The molecule has 0 bridgehead atoms. The fourth-order valence-electron chi connectivity index (χ4n) is 4.93. The first kappa shape index (κ1) is 30.1. The lowest BCUT2D eigenvalue weighted by Crippen LogP contribution is -2.47. The van der Waals surface area contributed by atoms with Crippen LogP contribution in [0.1, 0.15) is 162 Å². The van der Waals surface area contributed by atoms with Crippen molar-refractivity contribution >= 4 is 11.7 Å². The Balaban J connectivity index is 2.06. The lowest BCUT2D eigenvalue weighted by atomic mass is 10.0. The molecule has 1 aliphatic rings. The van der Waals surface area contributed by atoms with Gasteiger partial charge in [0, 0.05) is 6.42 Å². The second-order valence-corrected chi connectivity index (χ2v) is 10.5. The van der Waals surface area contributed by atoms with Crippen LogP contribution in [0.5, 0.6) is 0 Å². The molecule has 0 aromatic carbocycles. The van der Waals surface area contributed by atoms with Crippen molar-refractivity contribution in [3.63, 3.8) is 0 Å². The summed E-state index contributed by atoms with van der Waals surface area (Å²) in [5.74, 6) is 1.38. The summed E-state index contributed by atoms with van der Waals surface area (Å²) in [7, 11) is 2.04. The smallest absolute Gasteiger partial charge is 0.230 e. The van der Waals surface area contributed by atoms with Gasteiger partial charge in [-0.3, -0.25) is 0 Å². The van der Waals surface area contributed by atoms with E-state index in [4.69, 9.17) is 0 Å². The van der Waals surface area contributed by atoms with Crippen molar-refractivity contribution in [2.24, 2.45) is 4.99 Å². The normalized spacial score (nSPS) is 17.6. The van der Waals surface area contributed by atoms with Crippen molar-refractivity contribution < 1.29 is 9.28 Å². The molecular formula is C30H57N2O+. The second kappa shape index (κ2) is 20.4. The van der Waals surface area contributed by atoms with Gasteiger partial charge in [0.2, 0.25) is 5.84 Å². The molecule has 1 aliphatic heterocycles. The minimum Gasteiger partial charge on any atom is -0.230 e. The molecule has 1 atom stereocenters. The van der Waals surface area contributed by atoms with E-state index in [0.717, 1.165) is 25.1 Å².